The highest BCUT2D eigenvalue weighted by atomic mass is 16.2. The van der Waals surface area contributed by atoms with Gasteiger partial charge in [-0.1, -0.05) is 68.3 Å². The Morgan fingerprint density at radius 2 is 1.76 bits per heavy atom. The molecular weight excluding hydrogens is 472 g/mol. The van der Waals surface area contributed by atoms with E-state index in [1.807, 2.05) is 48.0 Å². The van der Waals surface area contributed by atoms with Gasteiger partial charge in [0.1, 0.15) is 5.69 Å². The number of amides is 2. The zero-order valence-corrected chi connectivity index (χ0v) is 22.8. The van der Waals surface area contributed by atoms with Crippen molar-refractivity contribution in [1.29, 1.82) is 0 Å². The van der Waals surface area contributed by atoms with Gasteiger partial charge < -0.3 is 20.9 Å². The highest BCUT2D eigenvalue weighted by Crippen LogP contribution is 2.38. The first-order chi connectivity index (χ1) is 18.3. The Labute approximate surface area is 226 Å². The molecule has 3 aromatic rings. The SMILES string of the molecule is CC1CC(NC(=O)[C@@H]2CCCC[C@@H]2NC(=O)c2cc3ccccc3n2C)CC1(N)CCCc1ccccc1. The number of fused-ring (bicyclic) bond motifs is 1. The molecule has 6 nitrogen and oxygen atoms in total. The molecular formula is C32H42N4O2. The van der Waals surface area contributed by atoms with Crippen molar-refractivity contribution < 1.29 is 9.59 Å². The van der Waals surface area contributed by atoms with Crippen LogP contribution in [0.25, 0.3) is 10.9 Å². The Morgan fingerprint density at radius 1 is 1.03 bits per heavy atom. The zero-order valence-electron chi connectivity index (χ0n) is 22.8. The lowest BCUT2D eigenvalue weighted by Gasteiger charge is -2.32. The van der Waals surface area contributed by atoms with Crippen molar-refractivity contribution >= 4 is 22.7 Å². The van der Waals surface area contributed by atoms with Crippen LogP contribution in [-0.2, 0) is 18.3 Å². The highest BCUT2D eigenvalue weighted by Gasteiger charge is 2.43. The zero-order chi connectivity index (χ0) is 26.7. The second-order valence-corrected chi connectivity index (χ2v) is 11.7. The fourth-order valence-corrected chi connectivity index (χ4v) is 6.80. The van der Waals surface area contributed by atoms with Gasteiger partial charge in [-0.15, -0.1) is 0 Å². The predicted molar refractivity (Wildman–Crippen MR) is 153 cm³/mol. The number of aromatic nitrogens is 1. The Bertz CT molecular complexity index is 1270. The number of hydrogen-bond donors (Lipinski definition) is 3. The summed E-state index contributed by atoms with van der Waals surface area (Å²) in [5, 5.41) is 7.60. The van der Waals surface area contributed by atoms with Crippen molar-refractivity contribution in [2.45, 2.75) is 82.3 Å². The van der Waals surface area contributed by atoms with Gasteiger partial charge in [0.2, 0.25) is 5.91 Å². The van der Waals surface area contributed by atoms with Crippen LogP contribution in [0.5, 0.6) is 0 Å². The van der Waals surface area contributed by atoms with Crippen molar-refractivity contribution in [3.05, 3.63) is 71.9 Å². The number of hydrogen-bond acceptors (Lipinski definition) is 3. The quantitative estimate of drug-likeness (QED) is 0.391. The van der Waals surface area contributed by atoms with Crippen molar-refractivity contribution in [2.24, 2.45) is 24.6 Å². The molecule has 6 heteroatoms. The van der Waals surface area contributed by atoms with E-state index in [4.69, 9.17) is 5.73 Å². The molecule has 2 aromatic carbocycles. The molecule has 5 atom stereocenters. The fraction of sp³-hybridized carbons (Fsp3) is 0.500. The van der Waals surface area contributed by atoms with E-state index in [-0.39, 0.29) is 35.4 Å². The van der Waals surface area contributed by atoms with Crippen LogP contribution in [0.3, 0.4) is 0 Å². The molecule has 38 heavy (non-hydrogen) atoms. The lowest BCUT2D eigenvalue weighted by atomic mass is 9.83. The molecule has 4 N–H and O–H groups in total. The summed E-state index contributed by atoms with van der Waals surface area (Å²) in [6.45, 7) is 2.22. The van der Waals surface area contributed by atoms with Crippen LogP contribution < -0.4 is 16.4 Å². The van der Waals surface area contributed by atoms with Gasteiger partial charge in [0, 0.05) is 35.6 Å². The van der Waals surface area contributed by atoms with Gasteiger partial charge in [0.15, 0.2) is 0 Å². The number of para-hydroxylation sites is 1. The number of nitrogens with zero attached hydrogens (tertiary/aromatic N) is 1. The monoisotopic (exact) mass is 514 g/mol. The van der Waals surface area contributed by atoms with Gasteiger partial charge in [-0.3, -0.25) is 9.59 Å². The highest BCUT2D eigenvalue weighted by molar-refractivity contribution is 5.99. The minimum atomic E-state index is -0.249. The molecule has 0 bridgehead atoms. The molecule has 3 unspecified atom stereocenters. The average Bonchev–Trinajstić information content (AvgIpc) is 3.40. The minimum absolute atomic E-state index is 0.0674. The third-order valence-electron chi connectivity index (χ3n) is 9.15. The smallest absolute Gasteiger partial charge is 0.268 e. The second kappa shape index (κ2) is 11.3. The van der Waals surface area contributed by atoms with E-state index in [2.05, 4.69) is 41.8 Å². The molecule has 0 radical (unpaired) electrons. The Balaban J connectivity index is 1.18. The maximum absolute atomic E-state index is 13.5. The maximum atomic E-state index is 13.5. The van der Waals surface area contributed by atoms with Gasteiger partial charge in [-0.2, -0.15) is 0 Å². The van der Waals surface area contributed by atoms with E-state index in [0.717, 1.165) is 68.7 Å². The van der Waals surface area contributed by atoms with Crippen molar-refractivity contribution in [3.8, 4) is 0 Å². The minimum Gasteiger partial charge on any atom is -0.353 e. The van der Waals surface area contributed by atoms with Crippen LogP contribution in [-0.4, -0.2) is 34.0 Å². The van der Waals surface area contributed by atoms with Crippen LogP contribution in [0, 0.1) is 11.8 Å². The molecule has 5 rings (SSSR count). The predicted octanol–water partition coefficient (Wildman–Crippen LogP) is 5.10. The van der Waals surface area contributed by atoms with Gasteiger partial charge in [-0.25, -0.2) is 0 Å². The van der Waals surface area contributed by atoms with Crippen LogP contribution in [0.15, 0.2) is 60.7 Å². The molecule has 2 aliphatic carbocycles. The Morgan fingerprint density at radius 3 is 2.55 bits per heavy atom. The number of benzene rings is 2. The number of carbonyl (C=O) groups is 2. The topological polar surface area (TPSA) is 89.2 Å². The van der Waals surface area contributed by atoms with Crippen LogP contribution in [0.2, 0.25) is 0 Å². The number of aryl methyl sites for hydroxylation is 2. The van der Waals surface area contributed by atoms with Crippen LogP contribution in [0.1, 0.15) is 74.3 Å². The van der Waals surface area contributed by atoms with E-state index in [9.17, 15) is 9.59 Å². The van der Waals surface area contributed by atoms with Crippen LogP contribution >= 0.6 is 0 Å². The summed E-state index contributed by atoms with van der Waals surface area (Å²) in [5.41, 5.74) is 9.66. The summed E-state index contributed by atoms with van der Waals surface area (Å²) in [4.78, 5) is 26.8. The average molecular weight is 515 g/mol. The molecule has 2 amide bonds. The third-order valence-corrected chi connectivity index (χ3v) is 9.15. The number of carbonyl (C=O) groups excluding carboxylic acids is 2. The summed E-state index contributed by atoms with van der Waals surface area (Å²) < 4.78 is 1.93. The molecule has 2 saturated carbocycles. The second-order valence-electron chi connectivity index (χ2n) is 11.7. The standard InChI is InChI=1S/C32H42N4O2/c1-22-19-25(21-32(22,33)18-10-13-23-11-4-3-5-12-23)34-30(37)26-15-7-8-16-27(26)35-31(38)29-20-24-14-6-9-17-28(24)36(29)2/h3-6,9,11-12,14,17,20,22,25-27H,7-8,10,13,15-16,18-19,21,33H2,1-2H3,(H,34,37)(H,35,38)/t22?,25?,26-,27+,32?/m1/s1. The normalized spacial score (nSPS) is 27.3. The Hall–Kier alpha value is -3.12. The maximum Gasteiger partial charge on any atom is 0.268 e. The van der Waals surface area contributed by atoms with Crippen molar-refractivity contribution in [2.75, 3.05) is 0 Å². The number of nitrogens with two attached hydrogens (primary N) is 1. The lowest BCUT2D eigenvalue weighted by molar-refractivity contribution is -0.127. The van der Waals surface area contributed by atoms with E-state index in [1.54, 1.807) is 0 Å². The van der Waals surface area contributed by atoms with Crippen LogP contribution in [0.4, 0.5) is 0 Å². The molecule has 0 spiro atoms. The van der Waals surface area contributed by atoms with Crippen molar-refractivity contribution in [1.82, 2.24) is 15.2 Å². The first-order valence-corrected chi connectivity index (χ1v) is 14.3. The molecule has 1 aromatic heterocycles. The van der Waals surface area contributed by atoms with E-state index < -0.39 is 0 Å². The molecule has 0 aliphatic heterocycles. The van der Waals surface area contributed by atoms with E-state index >= 15 is 0 Å². The largest absolute Gasteiger partial charge is 0.353 e. The molecule has 0 saturated heterocycles. The number of nitrogens with one attached hydrogen (secondary N) is 2. The van der Waals surface area contributed by atoms with Gasteiger partial charge in [-0.05, 0) is 68.6 Å². The summed E-state index contributed by atoms with van der Waals surface area (Å²) in [6.07, 6.45) is 8.44. The van der Waals surface area contributed by atoms with Gasteiger partial charge in [0.25, 0.3) is 5.91 Å². The molecule has 2 fully saturated rings. The molecule has 202 valence electrons. The van der Waals surface area contributed by atoms with Crippen molar-refractivity contribution in [3.63, 3.8) is 0 Å². The molecule has 2 aliphatic rings. The fourth-order valence-electron chi connectivity index (χ4n) is 6.80. The third kappa shape index (κ3) is 5.65. The summed E-state index contributed by atoms with van der Waals surface area (Å²) in [6, 6.07) is 20.4. The summed E-state index contributed by atoms with van der Waals surface area (Å²) in [5.74, 6) is 0.112. The lowest BCUT2D eigenvalue weighted by Crippen LogP contribution is -2.50. The summed E-state index contributed by atoms with van der Waals surface area (Å²) in [7, 11) is 1.92. The Kier molecular flexibility index (Phi) is 7.89. The van der Waals surface area contributed by atoms with Gasteiger partial charge in [0.05, 0.1) is 5.92 Å². The summed E-state index contributed by atoms with van der Waals surface area (Å²) >= 11 is 0. The first-order valence-electron chi connectivity index (χ1n) is 14.3. The number of rotatable bonds is 8. The molecule has 1 heterocycles. The van der Waals surface area contributed by atoms with E-state index in [0.29, 0.717) is 11.6 Å². The van der Waals surface area contributed by atoms with E-state index in [1.165, 1.54) is 5.56 Å². The van der Waals surface area contributed by atoms with Gasteiger partial charge >= 0.3 is 0 Å². The first kappa shape index (κ1) is 26.5.